The highest BCUT2D eigenvalue weighted by molar-refractivity contribution is 5.99. The summed E-state index contributed by atoms with van der Waals surface area (Å²) >= 11 is 0. The number of fused-ring (bicyclic) bond motifs is 2. The Balaban J connectivity index is 1.56. The minimum atomic E-state index is -1.04. The number of aryl methyl sites for hydroxylation is 1. The summed E-state index contributed by atoms with van der Waals surface area (Å²) in [7, 11) is 0. The maximum atomic E-state index is 13.1. The number of nitrogens with zero attached hydrogens (tertiary/aromatic N) is 2. The van der Waals surface area contributed by atoms with E-state index < -0.39 is 5.97 Å². The van der Waals surface area contributed by atoms with Crippen LogP contribution in [0.5, 0.6) is 0 Å². The van der Waals surface area contributed by atoms with Gasteiger partial charge in [0.2, 0.25) is 0 Å². The molecule has 4 aromatic rings. The summed E-state index contributed by atoms with van der Waals surface area (Å²) in [4.78, 5) is 34.4. The third kappa shape index (κ3) is 4.36. The lowest BCUT2D eigenvalue weighted by Crippen LogP contribution is -2.37. The number of carboxylic acid groups (broad SMARTS) is 1. The molecule has 1 aliphatic heterocycles. The first kappa shape index (κ1) is 23.0. The number of hydrogen-bond acceptors (Lipinski definition) is 6. The molecule has 2 aromatic heterocycles. The Kier molecular flexibility index (Phi) is 5.54. The minimum Gasteiger partial charge on any atom is -0.478 e. The van der Waals surface area contributed by atoms with E-state index in [1.807, 2.05) is 26.0 Å². The second kappa shape index (κ2) is 8.45. The monoisotopic (exact) mass is 474 g/mol. The number of H-pyrrole nitrogens is 1. The van der Waals surface area contributed by atoms with Crippen molar-refractivity contribution in [1.29, 1.82) is 0 Å². The van der Waals surface area contributed by atoms with Crippen LogP contribution in [-0.2, 0) is 0 Å². The summed E-state index contributed by atoms with van der Waals surface area (Å²) in [5, 5.41) is 13.6. The van der Waals surface area contributed by atoms with Gasteiger partial charge in [-0.1, -0.05) is 19.9 Å². The normalized spacial score (nSPS) is 16.5. The largest absolute Gasteiger partial charge is 0.478 e. The number of rotatable bonds is 5. The fourth-order valence-electron chi connectivity index (χ4n) is 4.82. The summed E-state index contributed by atoms with van der Waals surface area (Å²) in [6, 6.07) is 8.40. The molecule has 0 aliphatic carbocycles. The third-order valence-corrected chi connectivity index (χ3v) is 7.05. The molecule has 1 fully saturated rings. The molecule has 182 valence electrons. The highest BCUT2D eigenvalue weighted by atomic mass is 16.4. The summed E-state index contributed by atoms with van der Waals surface area (Å²) in [6.45, 7) is 10.1. The van der Waals surface area contributed by atoms with Crippen molar-refractivity contribution in [2.45, 2.75) is 46.6 Å². The number of aromatic nitrogens is 2. The Hall–Kier alpha value is -3.81. The molecule has 0 spiro atoms. The Labute approximate surface area is 203 Å². The van der Waals surface area contributed by atoms with Crippen LogP contribution in [0.4, 0.5) is 11.6 Å². The van der Waals surface area contributed by atoms with E-state index in [2.05, 4.69) is 34.0 Å². The van der Waals surface area contributed by atoms with Crippen molar-refractivity contribution in [3.8, 4) is 0 Å². The number of carboxylic acids is 1. The number of piperidine rings is 1. The average Bonchev–Trinajstić information content (AvgIpc) is 3.25. The first-order valence-corrected chi connectivity index (χ1v) is 11.9. The van der Waals surface area contributed by atoms with Crippen LogP contribution in [0.1, 0.15) is 61.1 Å². The molecule has 1 atom stereocenters. The van der Waals surface area contributed by atoms with Crippen LogP contribution in [0.2, 0.25) is 0 Å². The molecule has 0 unspecified atom stereocenters. The van der Waals surface area contributed by atoms with Gasteiger partial charge in [0.05, 0.1) is 40.0 Å². The number of hydrogen-bond donors (Lipinski definition) is 3. The van der Waals surface area contributed by atoms with Gasteiger partial charge in [0.15, 0.2) is 11.3 Å². The first-order chi connectivity index (χ1) is 16.6. The van der Waals surface area contributed by atoms with Crippen LogP contribution >= 0.6 is 0 Å². The van der Waals surface area contributed by atoms with Crippen LogP contribution in [-0.4, -0.2) is 34.1 Å². The van der Waals surface area contributed by atoms with Gasteiger partial charge in [-0.2, -0.15) is 0 Å². The fraction of sp³-hybridized carbons (Fsp3) is 0.370. The lowest BCUT2D eigenvalue weighted by atomic mass is 9.83. The van der Waals surface area contributed by atoms with Gasteiger partial charge in [0.1, 0.15) is 5.58 Å². The molecule has 35 heavy (non-hydrogen) atoms. The Bertz CT molecular complexity index is 1490. The van der Waals surface area contributed by atoms with E-state index in [0.717, 1.165) is 42.6 Å². The quantitative estimate of drug-likeness (QED) is 0.351. The zero-order chi connectivity index (χ0) is 24.9. The maximum absolute atomic E-state index is 13.1. The van der Waals surface area contributed by atoms with Crippen molar-refractivity contribution >= 4 is 39.5 Å². The van der Waals surface area contributed by atoms with Gasteiger partial charge in [-0.25, -0.2) is 9.78 Å². The predicted octanol–water partition coefficient (Wildman–Crippen LogP) is 5.48. The lowest BCUT2D eigenvalue weighted by molar-refractivity contribution is 0.0698. The molecule has 8 nitrogen and oxygen atoms in total. The molecule has 3 heterocycles. The van der Waals surface area contributed by atoms with Crippen molar-refractivity contribution in [3.63, 3.8) is 0 Å². The molecule has 0 saturated carbocycles. The second-order valence-electron chi connectivity index (χ2n) is 10.3. The number of aromatic amines is 1. The highest BCUT2D eigenvalue weighted by Crippen LogP contribution is 2.35. The zero-order valence-electron chi connectivity index (χ0n) is 20.4. The summed E-state index contributed by atoms with van der Waals surface area (Å²) in [5.74, 6) is -0.457. The summed E-state index contributed by atoms with van der Waals surface area (Å²) in [6.07, 6.45) is 3.60. The van der Waals surface area contributed by atoms with Gasteiger partial charge in [-0.15, -0.1) is 0 Å². The smallest absolute Gasteiger partial charge is 0.337 e. The molecule has 3 N–H and O–H groups in total. The van der Waals surface area contributed by atoms with Crippen LogP contribution in [0, 0.1) is 12.3 Å². The van der Waals surface area contributed by atoms with E-state index >= 15 is 0 Å². The van der Waals surface area contributed by atoms with E-state index in [1.54, 1.807) is 18.2 Å². The van der Waals surface area contributed by atoms with E-state index in [-0.39, 0.29) is 22.4 Å². The number of carbonyl (C=O) groups is 1. The van der Waals surface area contributed by atoms with Gasteiger partial charge < -0.3 is 24.7 Å². The van der Waals surface area contributed by atoms with Crippen LogP contribution in [0.3, 0.4) is 0 Å². The lowest BCUT2D eigenvalue weighted by Gasteiger charge is -2.37. The van der Waals surface area contributed by atoms with Crippen molar-refractivity contribution in [2.75, 3.05) is 23.3 Å². The van der Waals surface area contributed by atoms with Crippen molar-refractivity contribution in [3.05, 3.63) is 63.6 Å². The van der Waals surface area contributed by atoms with E-state index in [9.17, 15) is 14.7 Å². The number of nitrogens with one attached hydrogen (secondary N) is 2. The Morgan fingerprint density at radius 1 is 1.20 bits per heavy atom. The molecule has 5 rings (SSSR count). The minimum absolute atomic E-state index is 0.0756. The molecule has 0 amide bonds. The predicted molar refractivity (Wildman–Crippen MR) is 138 cm³/mol. The molecule has 1 saturated heterocycles. The number of anilines is 2. The van der Waals surface area contributed by atoms with Gasteiger partial charge in [-0.05, 0) is 55.9 Å². The molecule has 0 bridgehead atoms. The Morgan fingerprint density at radius 2 is 1.94 bits per heavy atom. The average molecular weight is 475 g/mol. The SMILES string of the molecule is Cc1cc([C@@H](C)Nc2cc3[nH]cnc3cc2C(=O)O)c2oc(N3CCC(C)(C)CC3)cc(=O)c2c1. The van der Waals surface area contributed by atoms with Crippen molar-refractivity contribution < 1.29 is 14.3 Å². The number of imidazole rings is 1. The van der Waals surface area contributed by atoms with Crippen LogP contribution < -0.4 is 15.6 Å². The second-order valence-corrected chi connectivity index (χ2v) is 10.3. The van der Waals surface area contributed by atoms with E-state index in [0.29, 0.717) is 28.1 Å². The van der Waals surface area contributed by atoms with Gasteiger partial charge in [0.25, 0.3) is 0 Å². The molecule has 0 radical (unpaired) electrons. The van der Waals surface area contributed by atoms with Crippen molar-refractivity contribution in [1.82, 2.24) is 9.97 Å². The van der Waals surface area contributed by atoms with Crippen LogP contribution in [0.15, 0.2) is 45.9 Å². The molecular weight excluding hydrogens is 444 g/mol. The maximum Gasteiger partial charge on any atom is 0.337 e. The van der Waals surface area contributed by atoms with Gasteiger partial charge in [0, 0.05) is 24.7 Å². The van der Waals surface area contributed by atoms with Gasteiger partial charge >= 0.3 is 5.97 Å². The zero-order valence-corrected chi connectivity index (χ0v) is 20.4. The van der Waals surface area contributed by atoms with Crippen molar-refractivity contribution in [2.24, 2.45) is 5.41 Å². The number of benzene rings is 2. The summed E-state index contributed by atoms with van der Waals surface area (Å²) in [5.41, 5.74) is 4.39. The highest BCUT2D eigenvalue weighted by Gasteiger charge is 2.27. The Morgan fingerprint density at radius 3 is 2.66 bits per heavy atom. The van der Waals surface area contributed by atoms with Gasteiger partial charge in [-0.3, -0.25) is 4.79 Å². The third-order valence-electron chi connectivity index (χ3n) is 7.05. The first-order valence-electron chi connectivity index (χ1n) is 11.9. The molecule has 8 heteroatoms. The topological polar surface area (TPSA) is 111 Å². The van der Waals surface area contributed by atoms with E-state index in [4.69, 9.17) is 4.42 Å². The molecule has 1 aliphatic rings. The fourth-order valence-corrected chi connectivity index (χ4v) is 4.82. The standard InChI is InChI=1S/C27H30N4O4/c1-15-9-17(16(2)30-20-12-22-21(28-14-29-22)11-18(20)26(33)34)25-19(10-15)23(32)13-24(35-25)31-7-5-27(3,4)6-8-31/h9-14,16,30H,5-8H2,1-4H3,(H,28,29)(H,33,34)/t16-/m1/s1. The molecular formula is C27H30N4O4. The van der Waals surface area contributed by atoms with Crippen LogP contribution in [0.25, 0.3) is 22.0 Å². The number of aromatic carboxylic acids is 1. The summed E-state index contributed by atoms with van der Waals surface area (Å²) < 4.78 is 6.38. The van der Waals surface area contributed by atoms with E-state index in [1.165, 1.54) is 6.33 Å². The molecule has 2 aromatic carbocycles.